The Hall–Kier alpha value is -1.84. The second-order valence-corrected chi connectivity index (χ2v) is 6.35. The van der Waals surface area contributed by atoms with Gasteiger partial charge in [-0.1, -0.05) is 31.0 Å². The molecule has 4 nitrogen and oxygen atoms in total. The van der Waals surface area contributed by atoms with Crippen LogP contribution < -0.4 is 10.6 Å². The van der Waals surface area contributed by atoms with Crippen LogP contribution in [0.25, 0.3) is 0 Å². The zero-order chi connectivity index (χ0) is 15.5. The number of nitrogens with one attached hydrogen (secondary N) is 2. The molecular weight excluding hydrogens is 264 g/mol. The maximum absolute atomic E-state index is 12.4. The molecule has 0 heterocycles. The van der Waals surface area contributed by atoms with Crippen LogP contribution in [0, 0.1) is 12.3 Å². The van der Waals surface area contributed by atoms with Gasteiger partial charge >= 0.3 is 0 Å². The average molecular weight is 288 g/mol. The number of aryl methyl sites for hydroxylation is 1. The molecule has 114 valence electrons. The van der Waals surface area contributed by atoms with Crippen molar-refractivity contribution < 1.29 is 9.59 Å². The zero-order valence-electron chi connectivity index (χ0n) is 13.0. The standard InChI is InChI=1S/C17H24N2O2/c1-12-8-4-7-11-14(12)19-16(21)17(2,3)15(20)18-13-9-5-6-10-13/h4,7-8,11,13H,5-6,9-10H2,1-3H3,(H,18,20)(H,19,21). The first-order chi connectivity index (χ1) is 9.91. The van der Waals surface area contributed by atoms with Gasteiger partial charge in [-0.05, 0) is 45.2 Å². The number of carbonyl (C=O) groups excluding carboxylic acids is 2. The Bertz CT molecular complexity index is 531. The number of anilines is 1. The monoisotopic (exact) mass is 288 g/mol. The lowest BCUT2D eigenvalue weighted by atomic mass is 9.90. The second kappa shape index (κ2) is 6.29. The number of hydrogen-bond acceptors (Lipinski definition) is 2. The van der Waals surface area contributed by atoms with Gasteiger partial charge in [-0.25, -0.2) is 0 Å². The zero-order valence-corrected chi connectivity index (χ0v) is 13.0. The minimum atomic E-state index is -1.08. The molecule has 2 rings (SSSR count). The van der Waals surface area contributed by atoms with Gasteiger partial charge in [0.1, 0.15) is 5.41 Å². The summed E-state index contributed by atoms with van der Waals surface area (Å²) in [4.78, 5) is 24.8. The van der Waals surface area contributed by atoms with E-state index in [-0.39, 0.29) is 17.9 Å². The number of para-hydroxylation sites is 1. The third-order valence-electron chi connectivity index (χ3n) is 4.22. The Morgan fingerprint density at radius 3 is 2.33 bits per heavy atom. The highest BCUT2D eigenvalue weighted by molar-refractivity contribution is 6.10. The van der Waals surface area contributed by atoms with Crippen molar-refractivity contribution in [3.63, 3.8) is 0 Å². The summed E-state index contributed by atoms with van der Waals surface area (Å²) in [5.74, 6) is -0.465. The van der Waals surface area contributed by atoms with Crippen LogP contribution in [0.5, 0.6) is 0 Å². The minimum absolute atomic E-state index is 0.194. The van der Waals surface area contributed by atoms with Gasteiger partial charge in [-0.3, -0.25) is 9.59 Å². The van der Waals surface area contributed by atoms with E-state index in [1.165, 1.54) is 0 Å². The Morgan fingerprint density at radius 1 is 1.10 bits per heavy atom. The van der Waals surface area contributed by atoms with Gasteiger partial charge in [-0.2, -0.15) is 0 Å². The van der Waals surface area contributed by atoms with Crippen LogP contribution >= 0.6 is 0 Å². The van der Waals surface area contributed by atoms with Gasteiger partial charge in [0.05, 0.1) is 0 Å². The molecule has 1 saturated carbocycles. The molecule has 1 aromatic rings. The van der Waals surface area contributed by atoms with E-state index in [1.54, 1.807) is 13.8 Å². The summed E-state index contributed by atoms with van der Waals surface area (Å²) >= 11 is 0. The van der Waals surface area contributed by atoms with Crippen LogP contribution in [0.3, 0.4) is 0 Å². The normalized spacial score (nSPS) is 15.8. The van der Waals surface area contributed by atoms with Crippen molar-refractivity contribution in [1.82, 2.24) is 5.32 Å². The van der Waals surface area contributed by atoms with E-state index in [0.717, 1.165) is 36.9 Å². The lowest BCUT2D eigenvalue weighted by molar-refractivity contribution is -0.138. The number of hydrogen-bond donors (Lipinski definition) is 2. The summed E-state index contributed by atoms with van der Waals surface area (Å²) < 4.78 is 0. The Balaban J connectivity index is 2.02. The molecule has 21 heavy (non-hydrogen) atoms. The molecule has 4 heteroatoms. The molecule has 1 aliphatic carbocycles. The van der Waals surface area contributed by atoms with Crippen molar-refractivity contribution in [1.29, 1.82) is 0 Å². The fraction of sp³-hybridized carbons (Fsp3) is 0.529. The maximum Gasteiger partial charge on any atom is 0.239 e. The molecule has 0 aliphatic heterocycles. The van der Waals surface area contributed by atoms with E-state index >= 15 is 0 Å². The maximum atomic E-state index is 12.4. The van der Waals surface area contributed by atoms with Crippen LogP contribution in [0.4, 0.5) is 5.69 Å². The predicted molar refractivity (Wildman–Crippen MR) is 84.0 cm³/mol. The smallest absolute Gasteiger partial charge is 0.239 e. The van der Waals surface area contributed by atoms with Gasteiger partial charge in [-0.15, -0.1) is 0 Å². The van der Waals surface area contributed by atoms with E-state index in [2.05, 4.69) is 10.6 Å². The third kappa shape index (κ3) is 3.63. The molecule has 2 N–H and O–H groups in total. The van der Waals surface area contributed by atoms with Crippen LogP contribution in [-0.4, -0.2) is 17.9 Å². The predicted octanol–water partition coefficient (Wildman–Crippen LogP) is 3.02. The van der Waals surface area contributed by atoms with E-state index in [0.29, 0.717) is 0 Å². The topological polar surface area (TPSA) is 58.2 Å². The molecule has 1 aliphatic rings. The average Bonchev–Trinajstić information content (AvgIpc) is 2.94. The van der Waals surface area contributed by atoms with Crippen LogP contribution in [0.15, 0.2) is 24.3 Å². The Labute approximate surface area is 126 Å². The highest BCUT2D eigenvalue weighted by atomic mass is 16.2. The molecule has 1 fully saturated rings. The first-order valence-corrected chi connectivity index (χ1v) is 7.59. The molecule has 0 atom stereocenters. The number of carbonyl (C=O) groups is 2. The van der Waals surface area contributed by atoms with Gasteiger partial charge in [0.15, 0.2) is 0 Å². The van der Waals surface area contributed by atoms with Crippen molar-refractivity contribution >= 4 is 17.5 Å². The fourth-order valence-electron chi connectivity index (χ4n) is 2.53. The van der Waals surface area contributed by atoms with E-state index in [1.807, 2.05) is 31.2 Å². The first-order valence-electron chi connectivity index (χ1n) is 7.59. The first kappa shape index (κ1) is 15.5. The second-order valence-electron chi connectivity index (χ2n) is 6.35. The summed E-state index contributed by atoms with van der Waals surface area (Å²) in [5.41, 5.74) is 0.660. The molecule has 1 aromatic carbocycles. The van der Waals surface area contributed by atoms with Crippen LogP contribution in [-0.2, 0) is 9.59 Å². The van der Waals surface area contributed by atoms with Crippen molar-refractivity contribution in [2.24, 2.45) is 5.41 Å². The molecule has 0 saturated heterocycles. The summed E-state index contributed by atoms with van der Waals surface area (Å²) in [6.45, 7) is 5.27. The largest absolute Gasteiger partial charge is 0.352 e. The molecular formula is C17H24N2O2. The van der Waals surface area contributed by atoms with Crippen molar-refractivity contribution in [3.8, 4) is 0 Å². The van der Waals surface area contributed by atoms with E-state index in [9.17, 15) is 9.59 Å². The molecule has 0 aromatic heterocycles. The van der Waals surface area contributed by atoms with Gasteiger partial charge < -0.3 is 10.6 Å². The summed E-state index contributed by atoms with van der Waals surface area (Å²) in [6, 6.07) is 7.79. The number of rotatable bonds is 4. The van der Waals surface area contributed by atoms with Gasteiger partial charge in [0.25, 0.3) is 0 Å². The Kier molecular flexibility index (Phi) is 4.66. The summed E-state index contributed by atoms with van der Waals surface area (Å²) in [6.07, 6.45) is 4.34. The van der Waals surface area contributed by atoms with Crippen molar-refractivity contribution in [2.75, 3.05) is 5.32 Å². The number of benzene rings is 1. The molecule has 2 amide bonds. The van der Waals surface area contributed by atoms with Crippen molar-refractivity contribution in [2.45, 2.75) is 52.5 Å². The van der Waals surface area contributed by atoms with Crippen LogP contribution in [0.2, 0.25) is 0 Å². The quantitative estimate of drug-likeness (QED) is 0.837. The van der Waals surface area contributed by atoms with Crippen LogP contribution in [0.1, 0.15) is 45.1 Å². The minimum Gasteiger partial charge on any atom is -0.352 e. The lowest BCUT2D eigenvalue weighted by Crippen LogP contribution is -2.48. The SMILES string of the molecule is Cc1ccccc1NC(=O)C(C)(C)C(=O)NC1CCCC1. The summed E-state index contributed by atoms with van der Waals surface area (Å²) in [7, 11) is 0. The van der Waals surface area contributed by atoms with Gasteiger partial charge in [0, 0.05) is 11.7 Å². The Morgan fingerprint density at radius 2 is 1.71 bits per heavy atom. The summed E-state index contributed by atoms with van der Waals surface area (Å²) in [5, 5.41) is 5.86. The highest BCUT2D eigenvalue weighted by Crippen LogP contribution is 2.23. The third-order valence-corrected chi connectivity index (χ3v) is 4.22. The molecule has 0 radical (unpaired) electrons. The van der Waals surface area contributed by atoms with Crippen molar-refractivity contribution in [3.05, 3.63) is 29.8 Å². The molecule has 0 bridgehead atoms. The van der Waals surface area contributed by atoms with E-state index < -0.39 is 5.41 Å². The van der Waals surface area contributed by atoms with E-state index in [4.69, 9.17) is 0 Å². The molecule has 0 unspecified atom stereocenters. The lowest BCUT2D eigenvalue weighted by Gasteiger charge is -2.25. The number of amides is 2. The highest BCUT2D eigenvalue weighted by Gasteiger charge is 2.37. The molecule has 0 spiro atoms. The van der Waals surface area contributed by atoms with Gasteiger partial charge in [0.2, 0.25) is 11.8 Å². The fourth-order valence-corrected chi connectivity index (χ4v) is 2.53.